The van der Waals surface area contributed by atoms with Crippen molar-refractivity contribution in [3.8, 4) is 33.6 Å². The topological polar surface area (TPSA) is 162 Å². The summed E-state index contributed by atoms with van der Waals surface area (Å²) < 4.78 is 5.26. The van der Waals surface area contributed by atoms with Gasteiger partial charge in [0.2, 0.25) is 5.91 Å². The molecule has 12 heteroatoms. The Labute approximate surface area is 299 Å². The molecule has 2 aliphatic rings. The number of carbonyl (C=O) groups is 3. The molecular weight excluding hydrogens is 644 g/mol. The molecule has 2 aromatic heterocycles. The molecule has 5 N–H and O–H groups in total. The van der Waals surface area contributed by atoms with Gasteiger partial charge in [0, 0.05) is 19.0 Å². The van der Waals surface area contributed by atoms with Crippen molar-refractivity contribution in [2.45, 2.75) is 78.0 Å². The number of nitrogens with one attached hydrogen (secondary N) is 3. The van der Waals surface area contributed by atoms with Gasteiger partial charge >= 0.3 is 6.09 Å². The number of amides is 3. The third kappa shape index (κ3) is 8.17. The lowest BCUT2D eigenvalue weighted by Crippen LogP contribution is -2.45. The van der Waals surface area contributed by atoms with Gasteiger partial charge < -0.3 is 35.6 Å². The van der Waals surface area contributed by atoms with Crippen LogP contribution in [0.15, 0.2) is 60.9 Å². The summed E-state index contributed by atoms with van der Waals surface area (Å²) in [5.41, 5.74) is 11.3. The molecule has 0 aliphatic carbocycles. The molecule has 4 heterocycles. The number of likely N-dealkylation sites (tertiary alicyclic amines) is 2. The number of ether oxygens (including phenoxy) is 1. The first-order valence-corrected chi connectivity index (χ1v) is 18.2. The van der Waals surface area contributed by atoms with Crippen molar-refractivity contribution >= 4 is 17.9 Å². The highest BCUT2D eigenvalue weighted by molar-refractivity contribution is 5.84. The Bertz CT molecular complexity index is 1800. The van der Waals surface area contributed by atoms with Gasteiger partial charge in [-0.3, -0.25) is 9.59 Å². The van der Waals surface area contributed by atoms with E-state index in [1.54, 1.807) is 11.1 Å². The smallest absolute Gasteiger partial charge is 0.405 e. The Balaban J connectivity index is 1.09. The van der Waals surface area contributed by atoms with E-state index in [1.165, 1.54) is 0 Å². The number of nitrogens with two attached hydrogens (primary N) is 1. The van der Waals surface area contributed by atoms with Crippen LogP contribution in [0.5, 0.6) is 0 Å². The second kappa shape index (κ2) is 15.9. The average molecular weight is 695 g/mol. The van der Waals surface area contributed by atoms with Crippen molar-refractivity contribution < 1.29 is 19.1 Å². The van der Waals surface area contributed by atoms with Crippen LogP contribution >= 0.6 is 0 Å². The summed E-state index contributed by atoms with van der Waals surface area (Å²) in [6.07, 6.45) is 5.96. The van der Waals surface area contributed by atoms with Crippen molar-refractivity contribution in [3.05, 3.63) is 72.6 Å². The largest absolute Gasteiger partial charge is 0.436 e. The maximum absolute atomic E-state index is 13.5. The van der Waals surface area contributed by atoms with Gasteiger partial charge in [0.1, 0.15) is 11.6 Å². The van der Waals surface area contributed by atoms with Crippen LogP contribution in [0.3, 0.4) is 0 Å². The number of H-pyrrole nitrogens is 2. The Morgan fingerprint density at radius 3 is 1.80 bits per heavy atom. The molecule has 12 nitrogen and oxygen atoms in total. The van der Waals surface area contributed by atoms with E-state index in [-0.39, 0.29) is 29.8 Å². The summed E-state index contributed by atoms with van der Waals surface area (Å²) in [6, 6.07) is 16.4. The fourth-order valence-electron chi connectivity index (χ4n) is 7.14. The molecule has 4 atom stereocenters. The molecule has 2 aliphatic heterocycles. The number of benzene rings is 2. The molecule has 0 saturated carbocycles. The lowest BCUT2D eigenvalue weighted by molar-refractivity contribution is -0.144. The zero-order valence-corrected chi connectivity index (χ0v) is 30.0. The first-order chi connectivity index (χ1) is 24.6. The molecule has 0 radical (unpaired) electrons. The Morgan fingerprint density at radius 2 is 1.31 bits per heavy atom. The first-order valence-electron chi connectivity index (χ1n) is 18.2. The van der Waals surface area contributed by atoms with Crippen molar-refractivity contribution in [2.24, 2.45) is 17.6 Å². The summed E-state index contributed by atoms with van der Waals surface area (Å²) >= 11 is 0. The molecule has 4 aromatic rings. The summed E-state index contributed by atoms with van der Waals surface area (Å²) in [5, 5.41) is 3.27. The van der Waals surface area contributed by atoms with Crippen LogP contribution in [-0.4, -0.2) is 79.9 Å². The molecule has 2 aromatic carbocycles. The van der Waals surface area contributed by atoms with Crippen LogP contribution in [-0.2, 0) is 14.3 Å². The Kier molecular flexibility index (Phi) is 11.2. The van der Waals surface area contributed by atoms with E-state index in [4.69, 9.17) is 10.5 Å². The third-order valence-electron chi connectivity index (χ3n) is 10.1. The van der Waals surface area contributed by atoms with E-state index in [0.717, 1.165) is 78.2 Å². The minimum absolute atomic E-state index is 0.0275. The summed E-state index contributed by atoms with van der Waals surface area (Å²) in [7, 11) is 0. The number of nitrogens with zero attached hydrogens (tertiary/aromatic N) is 4. The number of aromatic amines is 2. The van der Waals surface area contributed by atoms with E-state index < -0.39 is 12.2 Å². The molecule has 3 amide bonds. The molecule has 6 rings (SSSR count). The quantitative estimate of drug-likeness (QED) is 0.129. The molecule has 2 saturated heterocycles. The summed E-state index contributed by atoms with van der Waals surface area (Å²) in [4.78, 5) is 57.9. The van der Waals surface area contributed by atoms with E-state index in [2.05, 4.69) is 87.6 Å². The van der Waals surface area contributed by atoms with Gasteiger partial charge in [-0.2, -0.15) is 0 Å². The second-order valence-corrected chi connectivity index (χ2v) is 14.2. The van der Waals surface area contributed by atoms with Gasteiger partial charge in [-0.15, -0.1) is 0 Å². The minimum Gasteiger partial charge on any atom is -0.436 e. The zero-order valence-electron chi connectivity index (χ0n) is 30.0. The Morgan fingerprint density at radius 1 is 0.824 bits per heavy atom. The van der Waals surface area contributed by atoms with E-state index in [1.807, 2.05) is 24.9 Å². The molecule has 270 valence electrons. The standard InChI is InChI=1S/C39H50N8O4/c1-5-25(4)35(51-39(40)50)38(49)47-19-7-9-33(47)37-43-22-31(45-37)29-16-12-27(13-17-29)26-10-14-28(15-11-26)30-21-42-36(44-30)32-8-6-18-46(32)34(48)23-41-20-24(2)3/h10-17,21-22,24-25,32-33,35,41H,5-9,18-20,23H2,1-4H3,(H2,40,50)(H,42,44)(H,43,45)/t25?,32-,33-,35-/m0/s1. The third-order valence-corrected chi connectivity index (χ3v) is 10.1. The van der Waals surface area contributed by atoms with Crippen LogP contribution in [0.4, 0.5) is 4.79 Å². The monoisotopic (exact) mass is 694 g/mol. The van der Waals surface area contributed by atoms with Gasteiger partial charge in [0.05, 0.1) is 42.4 Å². The highest BCUT2D eigenvalue weighted by atomic mass is 16.6. The summed E-state index contributed by atoms with van der Waals surface area (Å²) in [6.45, 7) is 10.6. The predicted octanol–water partition coefficient (Wildman–Crippen LogP) is 6.22. The van der Waals surface area contributed by atoms with Gasteiger partial charge in [0.25, 0.3) is 5.91 Å². The highest BCUT2D eigenvalue weighted by Gasteiger charge is 2.39. The van der Waals surface area contributed by atoms with Gasteiger partial charge in [-0.05, 0) is 66.8 Å². The number of hydrogen-bond acceptors (Lipinski definition) is 7. The summed E-state index contributed by atoms with van der Waals surface area (Å²) in [5.74, 6) is 1.78. The predicted molar refractivity (Wildman–Crippen MR) is 196 cm³/mol. The number of aromatic nitrogens is 4. The average Bonchev–Trinajstić information content (AvgIpc) is 3.96. The number of hydrogen-bond donors (Lipinski definition) is 4. The maximum atomic E-state index is 13.5. The van der Waals surface area contributed by atoms with Gasteiger partial charge in [-0.25, -0.2) is 14.8 Å². The van der Waals surface area contributed by atoms with Crippen LogP contribution < -0.4 is 11.1 Å². The molecule has 2 fully saturated rings. The normalized spacial score (nSPS) is 18.7. The van der Waals surface area contributed by atoms with Crippen molar-refractivity contribution in [1.29, 1.82) is 0 Å². The first kappa shape index (κ1) is 35.8. The highest BCUT2D eigenvalue weighted by Crippen LogP contribution is 2.35. The van der Waals surface area contributed by atoms with Crippen LogP contribution in [0.2, 0.25) is 0 Å². The van der Waals surface area contributed by atoms with E-state index in [0.29, 0.717) is 31.3 Å². The number of rotatable bonds is 13. The van der Waals surface area contributed by atoms with Crippen molar-refractivity contribution in [1.82, 2.24) is 35.1 Å². The fraction of sp³-hybridized carbons (Fsp3) is 0.462. The Hall–Kier alpha value is -4.97. The van der Waals surface area contributed by atoms with E-state index >= 15 is 0 Å². The molecule has 0 spiro atoms. The van der Waals surface area contributed by atoms with E-state index in [9.17, 15) is 14.4 Å². The molecule has 0 bridgehead atoms. The van der Waals surface area contributed by atoms with Gasteiger partial charge in [-0.1, -0.05) is 76.2 Å². The van der Waals surface area contributed by atoms with Gasteiger partial charge in [0.15, 0.2) is 6.10 Å². The molecular formula is C39H50N8O4. The number of carbonyl (C=O) groups excluding carboxylic acids is 3. The number of imidazole rings is 2. The lowest BCUT2D eigenvalue weighted by Gasteiger charge is -2.29. The lowest BCUT2D eigenvalue weighted by atomic mass is 10.00. The van der Waals surface area contributed by atoms with Crippen LogP contribution in [0.25, 0.3) is 33.6 Å². The van der Waals surface area contributed by atoms with Crippen LogP contribution in [0.1, 0.15) is 83.5 Å². The fourth-order valence-corrected chi connectivity index (χ4v) is 7.14. The SMILES string of the molecule is CCC(C)[C@H](OC(N)=O)C(=O)N1CCC[C@H]1c1ncc(-c2ccc(-c3ccc(-c4cnc([C@@H]5CCCN5C(=O)CNCC(C)C)[nH]4)cc3)cc2)[nH]1. The second-order valence-electron chi connectivity index (χ2n) is 14.2. The molecule has 51 heavy (non-hydrogen) atoms. The van der Waals surface area contributed by atoms with Crippen molar-refractivity contribution in [3.63, 3.8) is 0 Å². The molecule has 1 unspecified atom stereocenters. The number of primary amides is 1. The van der Waals surface area contributed by atoms with Crippen LogP contribution in [0, 0.1) is 11.8 Å². The minimum atomic E-state index is -0.942. The zero-order chi connectivity index (χ0) is 36.1. The maximum Gasteiger partial charge on any atom is 0.405 e. The van der Waals surface area contributed by atoms with Crippen molar-refractivity contribution in [2.75, 3.05) is 26.2 Å².